The summed E-state index contributed by atoms with van der Waals surface area (Å²) in [4.78, 5) is 15.8. The number of rotatable bonds is 3. The van der Waals surface area contributed by atoms with Crippen molar-refractivity contribution in [3.63, 3.8) is 0 Å². The van der Waals surface area contributed by atoms with Crippen LogP contribution in [0.4, 0.5) is 5.69 Å². The molecule has 0 bridgehead atoms. The van der Waals surface area contributed by atoms with Crippen molar-refractivity contribution >= 4 is 23.2 Å². The molecule has 2 aromatic rings. The van der Waals surface area contributed by atoms with Gasteiger partial charge in [-0.3, -0.25) is 4.79 Å². The smallest absolute Gasteiger partial charge is 0.254 e. The van der Waals surface area contributed by atoms with Crippen molar-refractivity contribution < 1.29 is 4.79 Å². The summed E-state index contributed by atoms with van der Waals surface area (Å²) in [6, 6.07) is 10.5. The maximum atomic E-state index is 12.0. The molecule has 1 aromatic carbocycles. The number of nitriles is 1. The summed E-state index contributed by atoms with van der Waals surface area (Å²) in [6.45, 7) is 0.291. The molecule has 3 N–H and O–H groups in total. The number of nitrogens with zero attached hydrogens (tertiary/aromatic N) is 2. The monoisotopic (exact) mass is 286 g/mol. The van der Waals surface area contributed by atoms with Crippen LogP contribution in [0, 0.1) is 11.3 Å². The van der Waals surface area contributed by atoms with Gasteiger partial charge in [-0.2, -0.15) is 5.26 Å². The molecule has 0 saturated heterocycles. The van der Waals surface area contributed by atoms with Gasteiger partial charge in [0.25, 0.3) is 5.91 Å². The van der Waals surface area contributed by atoms with Gasteiger partial charge in [0.1, 0.15) is 5.15 Å². The molecule has 0 aliphatic heterocycles. The Morgan fingerprint density at radius 3 is 3.00 bits per heavy atom. The minimum Gasteiger partial charge on any atom is -0.397 e. The lowest BCUT2D eigenvalue weighted by atomic mass is 10.1. The number of aromatic nitrogens is 1. The summed E-state index contributed by atoms with van der Waals surface area (Å²) >= 11 is 5.85. The fourth-order valence-corrected chi connectivity index (χ4v) is 1.84. The van der Waals surface area contributed by atoms with Crippen molar-refractivity contribution in [1.29, 1.82) is 5.26 Å². The average molecular weight is 287 g/mol. The Labute approximate surface area is 121 Å². The molecule has 1 amide bonds. The maximum Gasteiger partial charge on any atom is 0.254 e. The highest BCUT2D eigenvalue weighted by molar-refractivity contribution is 6.32. The van der Waals surface area contributed by atoms with E-state index in [4.69, 9.17) is 22.6 Å². The van der Waals surface area contributed by atoms with Crippen molar-refractivity contribution in [2.24, 2.45) is 0 Å². The van der Waals surface area contributed by atoms with Crippen LogP contribution in [0.2, 0.25) is 5.15 Å². The van der Waals surface area contributed by atoms with E-state index >= 15 is 0 Å². The van der Waals surface area contributed by atoms with Gasteiger partial charge in [-0.25, -0.2) is 4.98 Å². The van der Waals surface area contributed by atoms with Crippen LogP contribution in [0.15, 0.2) is 36.5 Å². The van der Waals surface area contributed by atoms with Gasteiger partial charge in [-0.05, 0) is 23.8 Å². The van der Waals surface area contributed by atoms with Gasteiger partial charge in [0.2, 0.25) is 0 Å². The molecule has 0 radical (unpaired) electrons. The third-order valence-corrected chi connectivity index (χ3v) is 2.92. The molecule has 6 heteroatoms. The SMILES string of the molecule is N#Cc1cccc(CNC(=O)c2cc(N)cnc2Cl)c1. The van der Waals surface area contributed by atoms with E-state index in [1.165, 1.54) is 12.3 Å². The summed E-state index contributed by atoms with van der Waals surface area (Å²) in [5, 5.41) is 11.6. The number of hydrogen-bond donors (Lipinski definition) is 2. The second-order valence-electron chi connectivity index (χ2n) is 4.10. The van der Waals surface area contributed by atoms with Gasteiger partial charge >= 0.3 is 0 Å². The standard InChI is InChI=1S/C14H11ClN4O/c15-13-12(5-11(17)8-18-13)14(20)19-7-10-3-1-2-9(4-10)6-16/h1-5,8H,7,17H2,(H,19,20). The molecular weight excluding hydrogens is 276 g/mol. The molecule has 0 aliphatic carbocycles. The van der Waals surface area contributed by atoms with E-state index in [-0.39, 0.29) is 16.6 Å². The van der Waals surface area contributed by atoms with Gasteiger partial charge in [0.15, 0.2) is 0 Å². The second kappa shape index (κ2) is 6.04. The Bertz CT molecular complexity index is 694. The minimum atomic E-state index is -0.364. The molecule has 0 fully saturated rings. The molecular formula is C14H11ClN4O. The third kappa shape index (κ3) is 3.25. The lowest BCUT2D eigenvalue weighted by molar-refractivity contribution is 0.0950. The first-order valence-corrected chi connectivity index (χ1v) is 6.16. The highest BCUT2D eigenvalue weighted by Crippen LogP contribution is 2.15. The zero-order chi connectivity index (χ0) is 14.5. The number of amides is 1. The summed E-state index contributed by atoms with van der Waals surface area (Å²) in [7, 11) is 0. The Morgan fingerprint density at radius 1 is 1.45 bits per heavy atom. The molecule has 0 atom stereocenters. The molecule has 0 saturated carbocycles. The molecule has 2 rings (SSSR count). The van der Waals surface area contributed by atoms with Gasteiger partial charge in [0.05, 0.1) is 29.1 Å². The van der Waals surface area contributed by atoms with Gasteiger partial charge in [0, 0.05) is 6.54 Å². The minimum absolute atomic E-state index is 0.0995. The number of nitrogen functional groups attached to an aromatic ring is 1. The number of anilines is 1. The van der Waals surface area contributed by atoms with Gasteiger partial charge in [-0.1, -0.05) is 23.7 Å². The summed E-state index contributed by atoms with van der Waals surface area (Å²) < 4.78 is 0. The van der Waals surface area contributed by atoms with Gasteiger partial charge < -0.3 is 11.1 Å². The second-order valence-corrected chi connectivity index (χ2v) is 4.46. The molecule has 100 valence electrons. The largest absolute Gasteiger partial charge is 0.397 e. The summed E-state index contributed by atoms with van der Waals surface area (Å²) in [5.74, 6) is -0.364. The number of carbonyl (C=O) groups is 1. The Hall–Kier alpha value is -2.58. The molecule has 0 unspecified atom stereocenters. The van der Waals surface area contributed by atoms with Crippen molar-refractivity contribution in [2.45, 2.75) is 6.54 Å². The van der Waals surface area contributed by atoms with Crippen LogP contribution in [-0.4, -0.2) is 10.9 Å². The van der Waals surface area contributed by atoms with E-state index in [2.05, 4.69) is 10.3 Å². The number of nitrogens with two attached hydrogens (primary N) is 1. The number of benzene rings is 1. The van der Waals surface area contributed by atoms with Crippen LogP contribution in [0.5, 0.6) is 0 Å². The lowest BCUT2D eigenvalue weighted by Crippen LogP contribution is -2.23. The van der Waals surface area contributed by atoms with Crippen LogP contribution >= 0.6 is 11.6 Å². The summed E-state index contributed by atoms with van der Waals surface area (Å²) in [6.07, 6.45) is 1.38. The third-order valence-electron chi connectivity index (χ3n) is 2.61. The highest BCUT2D eigenvalue weighted by atomic mass is 35.5. The summed E-state index contributed by atoms with van der Waals surface area (Å²) in [5.41, 5.74) is 7.53. The number of carbonyl (C=O) groups excluding carboxylic acids is 1. The first kappa shape index (κ1) is 13.8. The van der Waals surface area contributed by atoms with E-state index in [1.54, 1.807) is 18.2 Å². The van der Waals surface area contributed by atoms with E-state index in [1.807, 2.05) is 12.1 Å². The lowest BCUT2D eigenvalue weighted by Gasteiger charge is -2.07. The maximum absolute atomic E-state index is 12.0. The fraction of sp³-hybridized carbons (Fsp3) is 0.0714. The predicted molar refractivity (Wildman–Crippen MR) is 76.0 cm³/mol. The zero-order valence-electron chi connectivity index (χ0n) is 10.4. The Balaban J connectivity index is 2.09. The van der Waals surface area contributed by atoms with E-state index in [0.29, 0.717) is 17.8 Å². The topological polar surface area (TPSA) is 91.8 Å². The van der Waals surface area contributed by atoms with Crippen LogP contribution < -0.4 is 11.1 Å². The molecule has 20 heavy (non-hydrogen) atoms. The van der Waals surface area contributed by atoms with Crippen LogP contribution in [0.25, 0.3) is 0 Å². The first-order chi connectivity index (χ1) is 9.60. The van der Waals surface area contributed by atoms with Gasteiger partial charge in [-0.15, -0.1) is 0 Å². The number of halogens is 1. The van der Waals surface area contributed by atoms with E-state index < -0.39 is 0 Å². The zero-order valence-corrected chi connectivity index (χ0v) is 11.2. The quantitative estimate of drug-likeness (QED) is 0.845. The molecule has 1 aromatic heterocycles. The number of pyridine rings is 1. The van der Waals surface area contributed by atoms with Crippen molar-refractivity contribution in [3.05, 3.63) is 58.4 Å². The predicted octanol–water partition coefficient (Wildman–Crippen LogP) is 2.12. The fourth-order valence-electron chi connectivity index (χ4n) is 1.65. The van der Waals surface area contributed by atoms with Crippen molar-refractivity contribution in [3.8, 4) is 6.07 Å². The molecule has 0 spiro atoms. The molecule has 0 aliphatic rings. The Morgan fingerprint density at radius 2 is 2.25 bits per heavy atom. The molecule has 1 heterocycles. The average Bonchev–Trinajstić information content (AvgIpc) is 2.47. The van der Waals surface area contributed by atoms with Crippen LogP contribution in [0.3, 0.4) is 0 Å². The normalized spacial score (nSPS) is 9.80. The molecule has 5 nitrogen and oxygen atoms in total. The van der Waals surface area contributed by atoms with E-state index in [0.717, 1.165) is 5.56 Å². The highest BCUT2D eigenvalue weighted by Gasteiger charge is 2.11. The van der Waals surface area contributed by atoms with Crippen LogP contribution in [0.1, 0.15) is 21.5 Å². The number of nitrogens with one attached hydrogen (secondary N) is 1. The number of hydrogen-bond acceptors (Lipinski definition) is 4. The Kier molecular flexibility index (Phi) is 4.18. The van der Waals surface area contributed by atoms with Crippen molar-refractivity contribution in [2.75, 3.05) is 5.73 Å². The van der Waals surface area contributed by atoms with E-state index in [9.17, 15) is 4.79 Å². The van der Waals surface area contributed by atoms with Crippen molar-refractivity contribution in [1.82, 2.24) is 10.3 Å². The van der Waals surface area contributed by atoms with Crippen LogP contribution in [-0.2, 0) is 6.54 Å². The first-order valence-electron chi connectivity index (χ1n) is 5.78.